The second-order valence-electron chi connectivity index (χ2n) is 5.70. The molecule has 1 N–H and O–H groups in total. The number of hydrogen-bond acceptors (Lipinski definition) is 3. The molecule has 100 valence electrons. The number of nitrogens with zero attached hydrogens (tertiary/aromatic N) is 2. The molecular weight excluding hydrogens is 216 g/mol. The number of aliphatic hydroxyl groups is 1. The molecule has 1 aliphatic heterocycles. The lowest BCUT2D eigenvalue weighted by atomic mass is 10.1. The maximum absolute atomic E-state index is 12.2. The van der Waals surface area contributed by atoms with Crippen molar-refractivity contribution in [1.82, 2.24) is 9.80 Å². The van der Waals surface area contributed by atoms with E-state index in [-0.39, 0.29) is 18.6 Å². The average molecular weight is 242 g/mol. The van der Waals surface area contributed by atoms with Crippen molar-refractivity contribution in [1.29, 1.82) is 0 Å². The van der Waals surface area contributed by atoms with Crippen LogP contribution in [-0.4, -0.2) is 60.1 Å². The normalized spacial score (nSPS) is 27.6. The summed E-state index contributed by atoms with van der Waals surface area (Å²) in [5, 5.41) is 9.13. The van der Waals surface area contributed by atoms with Gasteiger partial charge in [-0.2, -0.15) is 0 Å². The minimum Gasteiger partial charge on any atom is -0.396 e. The van der Waals surface area contributed by atoms with Crippen molar-refractivity contribution in [2.45, 2.75) is 33.2 Å². The van der Waals surface area contributed by atoms with Gasteiger partial charge in [0.2, 0.25) is 5.91 Å². The molecule has 0 saturated carbocycles. The van der Waals surface area contributed by atoms with Crippen molar-refractivity contribution < 1.29 is 9.90 Å². The second-order valence-corrected chi connectivity index (χ2v) is 5.70. The highest BCUT2D eigenvalue weighted by molar-refractivity contribution is 5.82. The van der Waals surface area contributed by atoms with E-state index in [2.05, 4.69) is 25.7 Å². The Hall–Kier alpha value is -0.610. The highest BCUT2D eigenvalue weighted by Gasteiger charge is 2.33. The molecule has 17 heavy (non-hydrogen) atoms. The topological polar surface area (TPSA) is 43.8 Å². The Morgan fingerprint density at radius 2 is 2.06 bits per heavy atom. The number of amides is 1. The number of aliphatic hydroxyl groups excluding tert-OH is 1. The van der Waals surface area contributed by atoms with Crippen LogP contribution in [0.25, 0.3) is 0 Å². The van der Waals surface area contributed by atoms with Gasteiger partial charge in [0.1, 0.15) is 0 Å². The van der Waals surface area contributed by atoms with Gasteiger partial charge in [0.15, 0.2) is 0 Å². The van der Waals surface area contributed by atoms with Crippen molar-refractivity contribution in [3.05, 3.63) is 0 Å². The summed E-state index contributed by atoms with van der Waals surface area (Å²) in [6.07, 6.45) is 0.544. The van der Waals surface area contributed by atoms with E-state index < -0.39 is 0 Å². The number of hydrogen-bond donors (Lipinski definition) is 1. The Morgan fingerprint density at radius 1 is 1.41 bits per heavy atom. The van der Waals surface area contributed by atoms with Gasteiger partial charge in [0.05, 0.1) is 6.04 Å². The molecule has 0 aromatic heterocycles. The van der Waals surface area contributed by atoms with E-state index in [1.165, 1.54) is 0 Å². The quantitative estimate of drug-likeness (QED) is 0.793. The first-order valence-corrected chi connectivity index (χ1v) is 6.55. The monoisotopic (exact) mass is 242 g/mol. The maximum atomic E-state index is 12.2. The summed E-state index contributed by atoms with van der Waals surface area (Å²) in [4.78, 5) is 16.3. The van der Waals surface area contributed by atoms with E-state index in [4.69, 9.17) is 5.11 Å². The predicted octanol–water partition coefficient (Wildman–Crippen LogP) is 0.803. The van der Waals surface area contributed by atoms with Crippen molar-refractivity contribution in [2.75, 3.05) is 33.3 Å². The highest BCUT2D eigenvalue weighted by Crippen LogP contribution is 2.18. The highest BCUT2D eigenvalue weighted by atomic mass is 16.3. The molecule has 0 aromatic carbocycles. The summed E-state index contributed by atoms with van der Waals surface area (Å²) in [5.74, 6) is 1.19. The smallest absolute Gasteiger partial charge is 0.239 e. The third kappa shape index (κ3) is 3.96. The molecule has 0 spiro atoms. The molecule has 4 heteroatoms. The molecule has 0 radical (unpaired) electrons. The zero-order chi connectivity index (χ0) is 13.0. The van der Waals surface area contributed by atoms with Gasteiger partial charge in [-0.15, -0.1) is 0 Å². The van der Waals surface area contributed by atoms with E-state index in [0.29, 0.717) is 18.3 Å². The minimum atomic E-state index is -0.141. The number of carbonyl (C=O) groups excluding carboxylic acids is 1. The molecule has 1 amide bonds. The summed E-state index contributed by atoms with van der Waals surface area (Å²) < 4.78 is 0. The summed E-state index contributed by atoms with van der Waals surface area (Å²) in [6, 6.07) is -0.141. The van der Waals surface area contributed by atoms with Crippen LogP contribution < -0.4 is 0 Å². The summed E-state index contributed by atoms with van der Waals surface area (Å²) in [7, 11) is 1.86. The lowest BCUT2D eigenvalue weighted by Gasteiger charge is -2.31. The van der Waals surface area contributed by atoms with Crippen molar-refractivity contribution in [2.24, 2.45) is 11.8 Å². The third-order valence-electron chi connectivity index (χ3n) is 3.24. The number of carbonyl (C=O) groups is 1. The van der Waals surface area contributed by atoms with Crippen LogP contribution in [0.1, 0.15) is 27.2 Å². The van der Waals surface area contributed by atoms with Crippen molar-refractivity contribution in [3.8, 4) is 0 Å². The summed E-state index contributed by atoms with van der Waals surface area (Å²) >= 11 is 0. The van der Waals surface area contributed by atoms with Gasteiger partial charge in [-0.3, -0.25) is 9.69 Å². The van der Waals surface area contributed by atoms with Crippen LogP contribution >= 0.6 is 0 Å². The SMILES string of the molecule is CC(C)CN1CC(C)CN(C)C(=O)C1CCO. The fourth-order valence-electron chi connectivity index (χ4n) is 2.65. The molecule has 1 aliphatic rings. The molecule has 1 saturated heterocycles. The Kier molecular flexibility index (Phi) is 5.40. The molecule has 1 fully saturated rings. The van der Waals surface area contributed by atoms with Gasteiger partial charge in [0.25, 0.3) is 0 Å². The minimum absolute atomic E-state index is 0.0766. The molecule has 0 aliphatic carbocycles. The first-order valence-electron chi connectivity index (χ1n) is 6.55. The van der Waals surface area contributed by atoms with Crippen LogP contribution in [0.5, 0.6) is 0 Å². The Bertz CT molecular complexity index is 256. The lowest BCUT2D eigenvalue weighted by Crippen LogP contribution is -2.46. The first-order chi connectivity index (χ1) is 7.95. The van der Waals surface area contributed by atoms with Gasteiger partial charge < -0.3 is 10.0 Å². The lowest BCUT2D eigenvalue weighted by molar-refractivity contribution is -0.134. The van der Waals surface area contributed by atoms with E-state index in [9.17, 15) is 4.79 Å². The van der Waals surface area contributed by atoms with E-state index in [1.54, 1.807) is 0 Å². The number of likely N-dealkylation sites (N-methyl/N-ethyl adjacent to an activating group) is 1. The number of rotatable bonds is 4. The second kappa shape index (κ2) is 6.36. The van der Waals surface area contributed by atoms with E-state index >= 15 is 0 Å². The van der Waals surface area contributed by atoms with Crippen molar-refractivity contribution in [3.63, 3.8) is 0 Å². The summed E-state index contributed by atoms with van der Waals surface area (Å²) in [6.45, 7) is 9.27. The Morgan fingerprint density at radius 3 is 2.59 bits per heavy atom. The molecule has 1 rings (SSSR count). The zero-order valence-electron chi connectivity index (χ0n) is 11.5. The van der Waals surface area contributed by atoms with Gasteiger partial charge in [-0.1, -0.05) is 20.8 Å². The van der Waals surface area contributed by atoms with E-state index in [1.807, 2.05) is 11.9 Å². The molecular formula is C13H26N2O2. The van der Waals surface area contributed by atoms with Crippen LogP contribution in [0.4, 0.5) is 0 Å². The predicted molar refractivity (Wildman–Crippen MR) is 68.7 cm³/mol. The van der Waals surface area contributed by atoms with Gasteiger partial charge in [0, 0.05) is 33.3 Å². The van der Waals surface area contributed by atoms with Gasteiger partial charge in [-0.25, -0.2) is 0 Å². The molecule has 4 nitrogen and oxygen atoms in total. The largest absolute Gasteiger partial charge is 0.396 e. The molecule has 0 bridgehead atoms. The molecule has 2 unspecified atom stereocenters. The van der Waals surface area contributed by atoms with E-state index in [0.717, 1.165) is 19.6 Å². The van der Waals surface area contributed by atoms with Gasteiger partial charge in [-0.05, 0) is 18.3 Å². The first kappa shape index (κ1) is 14.5. The fourth-order valence-corrected chi connectivity index (χ4v) is 2.65. The Labute approximate surface area is 105 Å². The van der Waals surface area contributed by atoms with Crippen LogP contribution in [0, 0.1) is 11.8 Å². The van der Waals surface area contributed by atoms with Crippen LogP contribution in [0.15, 0.2) is 0 Å². The molecule has 0 aromatic rings. The van der Waals surface area contributed by atoms with Gasteiger partial charge >= 0.3 is 0 Å². The van der Waals surface area contributed by atoms with Crippen LogP contribution in [0.3, 0.4) is 0 Å². The Balaban J connectivity index is 2.83. The summed E-state index contributed by atoms with van der Waals surface area (Å²) in [5.41, 5.74) is 0. The van der Waals surface area contributed by atoms with Crippen LogP contribution in [0.2, 0.25) is 0 Å². The average Bonchev–Trinajstić information content (AvgIpc) is 2.30. The molecule has 1 heterocycles. The molecule has 2 atom stereocenters. The van der Waals surface area contributed by atoms with Crippen molar-refractivity contribution >= 4 is 5.91 Å². The van der Waals surface area contributed by atoms with Crippen LogP contribution in [-0.2, 0) is 4.79 Å². The third-order valence-corrected chi connectivity index (χ3v) is 3.24. The maximum Gasteiger partial charge on any atom is 0.239 e. The fraction of sp³-hybridized carbons (Fsp3) is 0.923. The standard InChI is InChI=1S/C13H26N2O2/c1-10(2)7-15-9-11(3)8-14(4)13(17)12(15)5-6-16/h10-12,16H,5-9H2,1-4H3. The zero-order valence-corrected chi connectivity index (χ0v) is 11.5.